The van der Waals surface area contributed by atoms with Crippen LogP contribution >= 0.6 is 0 Å². The zero-order valence-corrected chi connectivity index (χ0v) is 18.1. The standard InChI is InChI=1S/C23H27N5O3/c1-4-17-14-21(31-26-17)23(30)27-12-6-5-7-20(27)22(29)24-18-8-10-19(11-9-18)28-16(3)13-15(2)25-28/h8-11,13-14,20H,4-7,12H2,1-3H3,(H,24,29). The van der Waals surface area contributed by atoms with Crippen molar-refractivity contribution in [2.75, 3.05) is 11.9 Å². The first-order chi connectivity index (χ1) is 15.0. The highest BCUT2D eigenvalue weighted by Crippen LogP contribution is 2.22. The summed E-state index contributed by atoms with van der Waals surface area (Å²) < 4.78 is 7.07. The molecule has 1 atom stereocenters. The molecule has 0 aliphatic carbocycles. The highest BCUT2D eigenvalue weighted by atomic mass is 16.5. The van der Waals surface area contributed by atoms with E-state index < -0.39 is 6.04 Å². The Morgan fingerprint density at radius 1 is 1.16 bits per heavy atom. The zero-order valence-electron chi connectivity index (χ0n) is 18.1. The van der Waals surface area contributed by atoms with Crippen molar-refractivity contribution in [3.05, 3.63) is 59.2 Å². The van der Waals surface area contributed by atoms with Crippen LogP contribution in [-0.2, 0) is 11.2 Å². The first kappa shape index (κ1) is 20.8. The van der Waals surface area contributed by atoms with E-state index in [1.165, 1.54) is 0 Å². The van der Waals surface area contributed by atoms with E-state index in [1.54, 1.807) is 11.0 Å². The van der Waals surface area contributed by atoms with Gasteiger partial charge in [-0.25, -0.2) is 4.68 Å². The molecule has 1 aliphatic heterocycles. The topological polar surface area (TPSA) is 93.3 Å². The van der Waals surface area contributed by atoms with E-state index >= 15 is 0 Å². The molecule has 162 valence electrons. The molecule has 8 heteroatoms. The molecule has 1 aliphatic rings. The van der Waals surface area contributed by atoms with Gasteiger partial charge in [-0.15, -0.1) is 0 Å². The van der Waals surface area contributed by atoms with Crippen LogP contribution in [0.4, 0.5) is 5.69 Å². The maximum atomic E-state index is 13.0. The molecular weight excluding hydrogens is 394 g/mol. The second-order valence-electron chi connectivity index (χ2n) is 7.92. The molecule has 0 bridgehead atoms. The van der Waals surface area contributed by atoms with Gasteiger partial charge in [0.15, 0.2) is 0 Å². The molecule has 0 radical (unpaired) electrons. The Balaban J connectivity index is 1.47. The number of likely N-dealkylation sites (tertiary alicyclic amines) is 1. The fraction of sp³-hybridized carbons (Fsp3) is 0.391. The lowest BCUT2D eigenvalue weighted by Crippen LogP contribution is -2.49. The monoisotopic (exact) mass is 421 g/mol. The third kappa shape index (κ3) is 4.38. The Labute approximate surface area is 181 Å². The third-order valence-electron chi connectivity index (χ3n) is 5.59. The SMILES string of the molecule is CCc1cc(C(=O)N2CCCCC2C(=O)Nc2ccc(-n3nc(C)cc3C)cc2)on1. The van der Waals surface area contributed by atoms with Gasteiger partial charge in [0, 0.05) is 24.0 Å². The largest absolute Gasteiger partial charge is 0.351 e. The number of aromatic nitrogens is 3. The number of piperidine rings is 1. The average Bonchev–Trinajstić information content (AvgIpc) is 3.39. The predicted molar refractivity (Wildman–Crippen MR) is 116 cm³/mol. The number of carbonyl (C=O) groups excluding carboxylic acids is 2. The van der Waals surface area contributed by atoms with Gasteiger partial charge in [-0.2, -0.15) is 5.10 Å². The van der Waals surface area contributed by atoms with Crippen molar-refractivity contribution in [2.45, 2.75) is 52.5 Å². The summed E-state index contributed by atoms with van der Waals surface area (Å²) in [6.07, 6.45) is 3.07. The lowest BCUT2D eigenvalue weighted by atomic mass is 10.0. The van der Waals surface area contributed by atoms with E-state index in [4.69, 9.17) is 4.52 Å². The van der Waals surface area contributed by atoms with Gasteiger partial charge in [-0.1, -0.05) is 12.1 Å². The van der Waals surface area contributed by atoms with Crippen LogP contribution in [0.15, 0.2) is 40.9 Å². The number of amides is 2. The summed E-state index contributed by atoms with van der Waals surface area (Å²) in [6, 6.07) is 10.7. The number of benzene rings is 1. The molecule has 2 aromatic heterocycles. The quantitative estimate of drug-likeness (QED) is 0.678. The van der Waals surface area contributed by atoms with Crippen LogP contribution in [0, 0.1) is 13.8 Å². The van der Waals surface area contributed by atoms with Crippen molar-refractivity contribution >= 4 is 17.5 Å². The van der Waals surface area contributed by atoms with Crippen molar-refractivity contribution in [1.29, 1.82) is 0 Å². The summed E-state index contributed by atoms with van der Waals surface area (Å²) in [4.78, 5) is 27.6. The Hall–Kier alpha value is -3.42. The summed E-state index contributed by atoms with van der Waals surface area (Å²) >= 11 is 0. The third-order valence-corrected chi connectivity index (χ3v) is 5.59. The van der Waals surface area contributed by atoms with Gasteiger partial charge in [-0.05, 0) is 69.9 Å². The van der Waals surface area contributed by atoms with Gasteiger partial charge in [0.05, 0.1) is 17.1 Å². The van der Waals surface area contributed by atoms with Crippen LogP contribution in [0.3, 0.4) is 0 Å². The summed E-state index contributed by atoms with van der Waals surface area (Å²) in [6.45, 7) is 6.43. The predicted octanol–water partition coefficient (Wildman–Crippen LogP) is 3.67. The fourth-order valence-corrected chi connectivity index (χ4v) is 3.97. The molecule has 3 aromatic rings. The van der Waals surface area contributed by atoms with E-state index in [1.807, 2.05) is 55.8 Å². The minimum Gasteiger partial charge on any atom is -0.351 e. The number of aryl methyl sites for hydroxylation is 3. The number of nitrogens with zero attached hydrogens (tertiary/aromatic N) is 4. The number of hydrogen-bond donors (Lipinski definition) is 1. The first-order valence-corrected chi connectivity index (χ1v) is 10.7. The van der Waals surface area contributed by atoms with Gasteiger partial charge in [-0.3, -0.25) is 9.59 Å². The molecule has 1 saturated heterocycles. The Morgan fingerprint density at radius 2 is 1.94 bits per heavy atom. The average molecular weight is 422 g/mol. The van der Waals surface area contributed by atoms with Gasteiger partial charge < -0.3 is 14.7 Å². The maximum Gasteiger partial charge on any atom is 0.293 e. The molecule has 1 aromatic carbocycles. The number of rotatable bonds is 5. The number of anilines is 1. The highest BCUT2D eigenvalue weighted by molar-refractivity contribution is 6.00. The van der Waals surface area contributed by atoms with Crippen molar-refractivity contribution < 1.29 is 14.1 Å². The zero-order chi connectivity index (χ0) is 22.0. The van der Waals surface area contributed by atoms with Crippen molar-refractivity contribution in [3.8, 4) is 5.69 Å². The van der Waals surface area contributed by atoms with E-state index in [0.717, 1.165) is 35.6 Å². The molecular formula is C23H27N5O3. The van der Waals surface area contributed by atoms with Gasteiger partial charge in [0.25, 0.3) is 5.91 Å². The second kappa shape index (κ2) is 8.75. The minimum absolute atomic E-state index is 0.186. The van der Waals surface area contributed by atoms with E-state index in [-0.39, 0.29) is 17.6 Å². The molecule has 31 heavy (non-hydrogen) atoms. The maximum absolute atomic E-state index is 13.0. The molecule has 1 unspecified atom stereocenters. The van der Waals surface area contributed by atoms with Gasteiger partial charge in [0.1, 0.15) is 6.04 Å². The van der Waals surface area contributed by atoms with Crippen LogP contribution in [0.1, 0.15) is 53.8 Å². The molecule has 8 nitrogen and oxygen atoms in total. The summed E-state index contributed by atoms with van der Waals surface area (Å²) in [7, 11) is 0. The van der Waals surface area contributed by atoms with Crippen LogP contribution in [-0.4, -0.2) is 44.2 Å². The fourth-order valence-electron chi connectivity index (χ4n) is 3.97. The molecule has 1 fully saturated rings. The smallest absolute Gasteiger partial charge is 0.293 e. The van der Waals surface area contributed by atoms with E-state index in [0.29, 0.717) is 25.1 Å². The van der Waals surface area contributed by atoms with Gasteiger partial charge >= 0.3 is 0 Å². The Bertz CT molecular complexity index is 1080. The lowest BCUT2D eigenvalue weighted by Gasteiger charge is -2.34. The van der Waals surface area contributed by atoms with E-state index in [2.05, 4.69) is 15.6 Å². The molecule has 0 saturated carbocycles. The number of hydrogen-bond acceptors (Lipinski definition) is 5. The highest BCUT2D eigenvalue weighted by Gasteiger charge is 2.34. The Morgan fingerprint density at radius 3 is 2.58 bits per heavy atom. The minimum atomic E-state index is -0.535. The van der Waals surface area contributed by atoms with Crippen molar-refractivity contribution in [2.24, 2.45) is 0 Å². The number of nitrogens with one attached hydrogen (secondary N) is 1. The molecule has 3 heterocycles. The van der Waals surface area contributed by atoms with Crippen LogP contribution in [0.2, 0.25) is 0 Å². The summed E-state index contributed by atoms with van der Waals surface area (Å²) in [5, 5.41) is 11.3. The lowest BCUT2D eigenvalue weighted by molar-refractivity contribution is -0.121. The Kier molecular flexibility index (Phi) is 5.88. The molecule has 1 N–H and O–H groups in total. The molecule has 4 rings (SSSR count). The van der Waals surface area contributed by atoms with Crippen LogP contribution < -0.4 is 5.32 Å². The summed E-state index contributed by atoms with van der Waals surface area (Å²) in [5.41, 5.74) is 4.33. The van der Waals surface area contributed by atoms with Crippen LogP contribution in [0.25, 0.3) is 5.69 Å². The second-order valence-corrected chi connectivity index (χ2v) is 7.92. The van der Waals surface area contributed by atoms with Crippen LogP contribution in [0.5, 0.6) is 0 Å². The van der Waals surface area contributed by atoms with Gasteiger partial charge in [0.2, 0.25) is 11.7 Å². The first-order valence-electron chi connectivity index (χ1n) is 10.7. The normalized spacial score (nSPS) is 16.4. The van der Waals surface area contributed by atoms with Crippen molar-refractivity contribution in [3.63, 3.8) is 0 Å². The van der Waals surface area contributed by atoms with E-state index in [9.17, 15) is 9.59 Å². The van der Waals surface area contributed by atoms with Crippen molar-refractivity contribution in [1.82, 2.24) is 19.8 Å². The summed E-state index contributed by atoms with van der Waals surface area (Å²) in [5.74, 6) is -0.292. The molecule has 2 amide bonds. The molecule has 0 spiro atoms. The number of carbonyl (C=O) groups is 2.